The van der Waals surface area contributed by atoms with Gasteiger partial charge in [0, 0.05) is 32.2 Å². The molecule has 0 aliphatic carbocycles. The maximum atomic E-state index is 13.8. The van der Waals surface area contributed by atoms with Crippen LogP contribution in [0.25, 0.3) is 0 Å². The number of methoxy groups -OCH3 is 1. The molecule has 2 aromatic rings. The average molecular weight is 332 g/mol. The molecule has 1 aliphatic heterocycles. The number of halogens is 1. The molecule has 0 bridgehead atoms. The van der Waals surface area contributed by atoms with Crippen molar-refractivity contribution in [2.24, 2.45) is 0 Å². The van der Waals surface area contributed by atoms with Crippen LogP contribution in [0.15, 0.2) is 45.8 Å². The average Bonchev–Trinajstić information content (AvgIpc) is 2.61. The highest BCUT2D eigenvalue weighted by molar-refractivity contribution is 5.91. The van der Waals surface area contributed by atoms with Crippen molar-refractivity contribution in [3.8, 4) is 5.75 Å². The van der Waals surface area contributed by atoms with E-state index in [0.29, 0.717) is 31.9 Å². The van der Waals surface area contributed by atoms with Gasteiger partial charge in [0.2, 0.25) is 11.2 Å². The van der Waals surface area contributed by atoms with Crippen molar-refractivity contribution in [1.82, 2.24) is 4.90 Å². The second kappa shape index (κ2) is 6.74. The Balaban J connectivity index is 1.68. The third-order valence-electron chi connectivity index (χ3n) is 3.99. The Morgan fingerprint density at radius 2 is 1.92 bits per heavy atom. The number of anilines is 1. The summed E-state index contributed by atoms with van der Waals surface area (Å²) in [4.78, 5) is 27.6. The first kappa shape index (κ1) is 16.0. The summed E-state index contributed by atoms with van der Waals surface area (Å²) >= 11 is 0. The lowest BCUT2D eigenvalue weighted by Crippen LogP contribution is -2.49. The van der Waals surface area contributed by atoms with E-state index in [1.807, 2.05) is 4.90 Å². The van der Waals surface area contributed by atoms with Crippen LogP contribution in [0, 0.1) is 5.82 Å². The molecule has 0 atom stereocenters. The van der Waals surface area contributed by atoms with E-state index >= 15 is 0 Å². The van der Waals surface area contributed by atoms with E-state index in [9.17, 15) is 14.0 Å². The van der Waals surface area contributed by atoms with Gasteiger partial charge in [-0.3, -0.25) is 9.59 Å². The van der Waals surface area contributed by atoms with E-state index in [4.69, 9.17) is 9.15 Å². The van der Waals surface area contributed by atoms with Crippen molar-refractivity contribution in [3.63, 3.8) is 0 Å². The summed E-state index contributed by atoms with van der Waals surface area (Å²) in [5, 5.41) is 0. The van der Waals surface area contributed by atoms with E-state index in [2.05, 4.69) is 0 Å². The van der Waals surface area contributed by atoms with Crippen LogP contribution in [0.2, 0.25) is 0 Å². The Kier molecular flexibility index (Phi) is 4.50. The predicted octanol–water partition coefficient (Wildman–Crippen LogP) is 1.75. The number of rotatable bonds is 3. The van der Waals surface area contributed by atoms with Gasteiger partial charge >= 0.3 is 0 Å². The topological polar surface area (TPSA) is 63.0 Å². The highest BCUT2D eigenvalue weighted by Crippen LogP contribution is 2.20. The van der Waals surface area contributed by atoms with Gasteiger partial charge in [-0.1, -0.05) is 12.1 Å². The Morgan fingerprint density at radius 1 is 1.21 bits per heavy atom. The molecule has 1 aromatic carbocycles. The van der Waals surface area contributed by atoms with Crippen LogP contribution in [0.4, 0.5) is 10.1 Å². The van der Waals surface area contributed by atoms with Crippen LogP contribution in [-0.2, 0) is 0 Å². The third kappa shape index (κ3) is 3.10. The molecule has 1 aliphatic rings. The predicted molar refractivity (Wildman–Crippen MR) is 86.0 cm³/mol. The monoisotopic (exact) mass is 332 g/mol. The normalized spacial score (nSPS) is 14.6. The fourth-order valence-corrected chi connectivity index (χ4v) is 2.67. The first-order valence-corrected chi connectivity index (χ1v) is 7.55. The number of benzene rings is 1. The fourth-order valence-electron chi connectivity index (χ4n) is 2.67. The molecule has 1 amide bonds. The van der Waals surface area contributed by atoms with Crippen molar-refractivity contribution in [1.29, 1.82) is 0 Å². The molecule has 24 heavy (non-hydrogen) atoms. The quantitative estimate of drug-likeness (QED) is 0.857. The summed E-state index contributed by atoms with van der Waals surface area (Å²) in [7, 11) is 1.36. The molecule has 3 rings (SSSR count). The van der Waals surface area contributed by atoms with E-state index in [1.165, 1.54) is 13.2 Å². The van der Waals surface area contributed by atoms with Gasteiger partial charge in [-0.15, -0.1) is 0 Å². The number of nitrogens with zero attached hydrogens (tertiary/aromatic N) is 2. The van der Waals surface area contributed by atoms with Crippen molar-refractivity contribution in [2.45, 2.75) is 0 Å². The lowest BCUT2D eigenvalue weighted by Gasteiger charge is -2.35. The standard InChI is InChI=1S/C17H17FN2O4/c1-23-16-11-24-15(10-14(16)21)17(22)20-8-6-19(7-9-20)13-5-3-2-4-12(13)18/h2-5,10-11H,6-9H2,1H3. The number of carbonyl (C=O) groups excluding carboxylic acids is 1. The molecule has 0 spiro atoms. The first-order valence-electron chi connectivity index (χ1n) is 7.55. The number of para-hydroxylation sites is 1. The summed E-state index contributed by atoms with van der Waals surface area (Å²) in [6.07, 6.45) is 1.13. The first-order chi connectivity index (χ1) is 11.6. The van der Waals surface area contributed by atoms with Gasteiger partial charge in [0.25, 0.3) is 5.91 Å². The molecular weight excluding hydrogens is 315 g/mol. The van der Waals surface area contributed by atoms with Gasteiger partial charge in [0.1, 0.15) is 12.1 Å². The summed E-state index contributed by atoms with van der Waals surface area (Å²) in [6.45, 7) is 1.85. The number of hydrogen-bond donors (Lipinski definition) is 0. The maximum absolute atomic E-state index is 13.8. The van der Waals surface area contributed by atoms with Crippen LogP contribution in [-0.4, -0.2) is 44.1 Å². The molecule has 0 saturated carbocycles. The van der Waals surface area contributed by atoms with E-state index in [0.717, 1.165) is 12.3 Å². The van der Waals surface area contributed by atoms with Gasteiger partial charge in [-0.05, 0) is 12.1 Å². The van der Waals surface area contributed by atoms with Crippen molar-refractivity contribution in [3.05, 3.63) is 58.4 Å². The minimum atomic E-state index is -0.405. The van der Waals surface area contributed by atoms with E-state index in [1.54, 1.807) is 23.1 Å². The molecule has 6 nitrogen and oxygen atoms in total. The number of amides is 1. The molecule has 126 valence electrons. The van der Waals surface area contributed by atoms with Gasteiger partial charge in [-0.25, -0.2) is 4.39 Å². The third-order valence-corrected chi connectivity index (χ3v) is 3.99. The van der Waals surface area contributed by atoms with Gasteiger partial charge in [0.15, 0.2) is 5.76 Å². The second-order valence-electron chi connectivity index (χ2n) is 5.41. The molecule has 0 radical (unpaired) electrons. The molecule has 0 N–H and O–H groups in total. The summed E-state index contributed by atoms with van der Waals surface area (Å²) in [5.41, 5.74) is 0.123. The minimum Gasteiger partial charge on any atom is -0.490 e. The number of hydrogen-bond acceptors (Lipinski definition) is 5. The molecule has 2 heterocycles. The summed E-state index contributed by atoms with van der Waals surface area (Å²) < 4.78 is 23.8. The Morgan fingerprint density at radius 3 is 2.54 bits per heavy atom. The second-order valence-corrected chi connectivity index (χ2v) is 5.41. The van der Waals surface area contributed by atoms with E-state index in [-0.39, 0.29) is 23.2 Å². The minimum absolute atomic E-state index is 0.0276. The Labute approximate surface area is 138 Å². The van der Waals surface area contributed by atoms with Crippen LogP contribution in [0.5, 0.6) is 5.75 Å². The maximum Gasteiger partial charge on any atom is 0.289 e. The van der Waals surface area contributed by atoms with Crippen molar-refractivity contribution < 1.29 is 18.3 Å². The largest absolute Gasteiger partial charge is 0.490 e. The SMILES string of the molecule is COc1coc(C(=O)N2CCN(c3ccccc3F)CC2)cc1=O. The summed E-state index contributed by atoms with van der Waals surface area (Å²) in [6, 6.07) is 7.69. The van der Waals surface area contributed by atoms with Crippen LogP contribution in [0.3, 0.4) is 0 Å². The lowest BCUT2D eigenvalue weighted by molar-refractivity contribution is 0.0711. The van der Waals surface area contributed by atoms with Gasteiger partial charge in [0.05, 0.1) is 12.8 Å². The molecule has 1 aromatic heterocycles. The van der Waals surface area contributed by atoms with Crippen LogP contribution < -0.4 is 15.1 Å². The molecular formula is C17H17FN2O4. The fraction of sp³-hybridized carbons (Fsp3) is 0.294. The molecule has 1 saturated heterocycles. The van der Waals surface area contributed by atoms with Crippen molar-refractivity contribution in [2.75, 3.05) is 38.2 Å². The Bertz CT molecular complexity index is 797. The highest BCUT2D eigenvalue weighted by atomic mass is 19.1. The number of carbonyl (C=O) groups is 1. The number of ether oxygens (including phenoxy) is 1. The number of piperazine rings is 1. The smallest absolute Gasteiger partial charge is 0.289 e. The zero-order valence-corrected chi connectivity index (χ0v) is 13.2. The van der Waals surface area contributed by atoms with Crippen LogP contribution in [0.1, 0.15) is 10.6 Å². The zero-order chi connectivity index (χ0) is 17.1. The molecule has 7 heteroatoms. The van der Waals surface area contributed by atoms with E-state index < -0.39 is 5.43 Å². The Hall–Kier alpha value is -2.83. The van der Waals surface area contributed by atoms with Gasteiger partial charge in [-0.2, -0.15) is 0 Å². The molecule has 1 fully saturated rings. The van der Waals surface area contributed by atoms with Crippen molar-refractivity contribution >= 4 is 11.6 Å². The zero-order valence-electron chi connectivity index (χ0n) is 13.2. The lowest BCUT2D eigenvalue weighted by atomic mass is 10.2. The highest BCUT2D eigenvalue weighted by Gasteiger charge is 2.25. The summed E-state index contributed by atoms with van der Waals surface area (Å²) in [5.74, 6) is -0.613. The molecule has 0 unspecified atom stereocenters. The van der Waals surface area contributed by atoms with Crippen LogP contribution >= 0.6 is 0 Å². The van der Waals surface area contributed by atoms with Gasteiger partial charge < -0.3 is 19.0 Å².